The van der Waals surface area contributed by atoms with Crippen molar-refractivity contribution >= 4 is 39.2 Å². The van der Waals surface area contributed by atoms with Gasteiger partial charge in [0.25, 0.3) is 5.56 Å². The van der Waals surface area contributed by atoms with Gasteiger partial charge in [-0.3, -0.25) is 18.7 Å². The third kappa shape index (κ3) is 4.32. The van der Waals surface area contributed by atoms with Crippen LogP contribution < -0.4 is 21.5 Å². The highest BCUT2D eigenvalue weighted by Gasteiger charge is 2.23. The van der Waals surface area contributed by atoms with E-state index in [4.69, 9.17) is 0 Å². The van der Waals surface area contributed by atoms with Crippen LogP contribution in [0, 0.1) is 5.82 Å². The molecule has 0 radical (unpaired) electrons. The zero-order chi connectivity index (χ0) is 24.9. The molecule has 1 aliphatic heterocycles. The van der Waals surface area contributed by atoms with Crippen molar-refractivity contribution in [1.82, 2.24) is 23.7 Å². The van der Waals surface area contributed by atoms with Gasteiger partial charge in [0.15, 0.2) is 16.3 Å². The molecule has 1 aliphatic rings. The second kappa shape index (κ2) is 9.69. The lowest BCUT2D eigenvalue weighted by atomic mass is 10.1. The Labute approximate surface area is 210 Å². The van der Waals surface area contributed by atoms with Crippen molar-refractivity contribution in [2.45, 2.75) is 39.8 Å². The SMILES string of the molecule is C.C[C@H]1CCCN1c1ccc(-c2csc(NC(=O)Cn3cnc4c3c(=O)n(C)c(=O)n4C)n2)cc1F. The summed E-state index contributed by atoms with van der Waals surface area (Å²) in [5.41, 5.74) is 1.12. The number of imidazole rings is 1. The van der Waals surface area contributed by atoms with E-state index in [1.807, 2.05) is 6.07 Å². The van der Waals surface area contributed by atoms with Gasteiger partial charge in [0, 0.05) is 37.6 Å². The molecule has 1 amide bonds. The summed E-state index contributed by atoms with van der Waals surface area (Å²) in [7, 11) is 2.89. The Morgan fingerprint density at radius 3 is 2.72 bits per heavy atom. The van der Waals surface area contributed by atoms with Crippen molar-refractivity contribution in [2.24, 2.45) is 14.1 Å². The number of anilines is 2. The second-order valence-corrected chi connectivity index (χ2v) is 9.55. The van der Waals surface area contributed by atoms with Crippen molar-refractivity contribution < 1.29 is 9.18 Å². The third-order valence-electron chi connectivity index (χ3n) is 6.39. The predicted octanol–water partition coefficient (Wildman–Crippen LogP) is 2.96. The van der Waals surface area contributed by atoms with Crippen molar-refractivity contribution in [3.8, 4) is 11.3 Å². The van der Waals surface area contributed by atoms with E-state index in [-0.39, 0.29) is 31.0 Å². The fraction of sp³-hybridized carbons (Fsp3) is 0.375. The van der Waals surface area contributed by atoms with E-state index in [0.29, 0.717) is 28.1 Å². The van der Waals surface area contributed by atoms with Crippen LogP contribution in [0.5, 0.6) is 0 Å². The van der Waals surface area contributed by atoms with Crippen LogP contribution in [-0.2, 0) is 25.4 Å². The first kappa shape index (κ1) is 25.3. The molecule has 1 fully saturated rings. The normalized spacial score (nSPS) is 15.3. The molecule has 12 heteroatoms. The number of halogens is 1. The lowest BCUT2D eigenvalue weighted by Gasteiger charge is -2.24. The number of nitrogens with zero attached hydrogens (tertiary/aromatic N) is 6. The highest BCUT2D eigenvalue weighted by molar-refractivity contribution is 7.14. The number of hydrogen-bond acceptors (Lipinski definition) is 7. The molecule has 4 heterocycles. The summed E-state index contributed by atoms with van der Waals surface area (Å²) in [6, 6.07) is 5.40. The average Bonchev–Trinajstić information content (AvgIpc) is 3.57. The summed E-state index contributed by atoms with van der Waals surface area (Å²) in [6.07, 6.45) is 3.46. The molecule has 1 saturated heterocycles. The standard InChI is InChI=1S/C23H24FN7O3S.CH4/c1-13-5-4-8-31(13)17-7-6-14(9-15(17)24)16-11-35-22(26-16)27-18(32)10-30-12-25-20-19(30)21(33)29(3)23(34)28(20)2;/h6-7,9,11-13H,4-5,8,10H2,1-3H3,(H,26,27,32);1H4/t13-;/m0./s1. The van der Waals surface area contributed by atoms with Gasteiger partial charge in [0.05, 0.1) is 17.7 Å². The number of aryl methyl sites for hydroxylation is 1. The van der Waals surface area contributed by atoms with Gasteiger partial charge in [-0.1, -0.05) is 13.5 Å². The zero-order valence-corrected chi connectivity index (χ0v) is 20.3. The lowest BCUT2D eigenvalue weighted by molar-refractivity contribution is -0.116. The summed E-state index contributed by atoms with van der Waals surface area (Å²) in [6.45, 7) is 2.76. The minimum Gasteiger partial charge on any atom is -0.366 e. The number of aromatic nitrogens is 5. The first-order chi connectivity index (χ1) is 16.7. The van der Waals surface area contributed by atoms with E-state index >= 15 is 0 Å². The van der Waals surface area contributed by atoms with Gasteiger partial charge < -0.3 is 14.8 Å². The summed E-state index contributed by atoms with van der Waals surface area (Å²) in [5.74, 6) is -0.705. The minimum atomic E-state index is -0.529. The number of benzene rings is 1. The number of fused-ring (bicyclic) bond motifs is 1. The molecule has 4 aromatic rings. The molecule has 0 saturated carbocycles. The van der Waals surface area contributed by atoms with Crippen LogP contribution >= 0.6 is 11.3 Å². The monoisotopic (exact) mass is 513 g/mol. The maximum absolute atomic E-state index is 14.8. The van der Waals surface area contributed by atoms with Crippen LogP contribution in [0.25, 0.3) is 22.4 Å². The van der Waals surface area contributed by atoms with Crippen molar-refractivity contribution in [3.63, 3.8) is 0 Å². The van der Waals surface area contributed by atoms with Crippen LogP contribution in [-0.4, -0.2) is 42.2 Å². The molecular weight excluding hydrogens is 485 g/mol. The molecular formula is C24H28FN7O3S. The topological polar surface area (TPSA) is 107 Å². The Morgan fingerprint density at radius 2 is 2.03 bits per heavy atom. The Kier molecular flexibility index (Phi) is 6.81. The number of nitrogens with one attached hydrogen (secondary N) is 1. The maximum atomic E-state index is 14.8. The molecule has 0 unspecified atom stereocenters. The third-order valence-corrected chi connectivity index (χ3v) is 7.15. The molecule has 0 aliphatic carbocycles. The number of carbonyl (C=O) groups is 1. The summed E-state index contributed by atoms with van der Waals surface area (Å²) in [5, 5.41) is 4.82. The van der Waals surface area contributed by atoms with Crippen molar-refractivity contribution in [3.05, 3.63) is 56.6 Å². The maximum Gasteiger partial charge on any atom is 0.332 e. The van der Waals surface area contributed by atoms with Gasteiger partial charge in [-0.05, 0) is 31.9 Å². The molecule has 10 nitrogen and oxygen atoms in total. The van der Waals surface area contributed by atoms with E-state index in [0.717, 1.165) is 24.0 Å². The first-order valence-corrected chi connectivity index (χ1v) is 12.1. The van der Waals surface area contributed by atoms with Crippen LogP contribution in [0.2, 0.25) is 0 Å². The minimum absolute atomic E-state index is 0. The second-order valence-electron chi connectivity index (χ2n) is 8.69. The first-order valence-electron chi connectivity index (χ1n) is 11.2. The molecule has 1 N–H and O–H groups in total. The average molecular weight is 514 g/mol. The van der Waals surface area contributed by atoms with Crippen LogP contribution in [0.3, 0.4) is 0 Å². The number of thiazole rings is 1. The van der Waals surface area contributed by atoms with E-state index in [1.54, 1.807) is 11.4 Å². The van der Waals surface area contributed by atoms with Crippen LogP contribution in [0.4, 0.5) is 15.2 Å². The number of rotatable bonds is 5. The zero-order valence-electron chi connectivity index (χ0n) is 19.5. The number of amides is 1. The Bertz CT molecular complexity index is 1570. The highest BCUT2D eigenvalue weighted by Crippen LogP contribution is 2.32. The van der Waals surface area contributed by atoms with Gasteiger partial charge >= 0.3 is 5.69 Å². The Hall–Kier alpha value is -3.80. The van der Waals surface area contributed by atoms with Crippen molar-refractivity contribution in [1.29, 1.82) is 0 Å². The van der Waals surface area contributed by atoms with Gasteiger partial charge in [0.1, 0.15) is 12.4 Å². The molecule has 3 aromatic heterocycles. The quantitative estimate of drug-likeness (QED) is 0.440. The summed E-state index contributed by atoms with van der Waals surface area (Å²) < 4.78 is 18.5. The Balaban J connectivity index is 0.00000304. The summed E-state index contributed by atoms with van der Waals surface area (Å²) in [4.78, 5) is 47.9. The lowest BCUT2D eigenvalue weighted by Crippen LogP contribution is -2.37. The van der Waals surface area contributed by atoms with E-state index in [1.165, 1.54) is 47.0 Å². The molecule has 1 aromatic carbocycles. The fourth-order valence-electron chi connectivity index (χ4n) is 4.48. The van der Waals surface area contributed by atoms with E-state index in [9.17, 15) is 18.8 Å². The Morgan fingerprint density at radius 1 is 1.25 bits per heavy atom. The highest BCUT2D eigenvalue weighted by atomic mass is 32.1. The van der Waals surface area contributed by atoms with Crippen LogP contribution in [0.1, 0.15) is 27.2 Å². The summed E-state index contributed by atoms with van der Waals surface area (Å²) >= 11 is 1.22. The van der Waals surface area contributed by atoms with E-state index in [2.05, 4.69) is 27.1 Å². The van der Waals surface area contributed by atoms with Gasteiger partial charge in [-0.2, -0.15) is 0 Å². The van der Waals surface area contributed by atoms with E-state index < -0.39 is 17.2 Å². The fourth-order valence-corrected chi connectivity index (χ4v) is 5.22. The number of carbonyl (C=O) groups excluding carboxylic acids is 1. The molecule has 36 heavy (non-hydrogen) atoms. The van der Waals surface area contributed by atoms with Crippen molar-refractivity contribution in [2.75, 3.05) is 16.8 Å². The molecule has 0 bridgehead atoms. The van der Waals surface area contributed by atoms with Gasteiger partial charge in [0.2, 0.25) is 5.91 Å². The largest absolute Gasteiger partial charge is 0.366 e. The molecule has 190 valence electrons. The van der Waals surface area contributed by atoms with Crippen LogP contribution in [0.15, 0.2) is 39.5 Å². The van der Waals surface area contributed by atoms with Gasteiger partial charge in [-0.25, -0.2) is 19.2 Å². The smallest absolute Gasteiger partial charge is 0.332 e. The predicted molar refractivity (Wildman–Crippen MR) is 139 cm³/mol. The van der Waals surface area contributed by atoms with Gasteiger partial charge in [-0.15, -0.1) is 11.3 Å². The molecule has 5 rings (SSSR count). The number of hydrogen-bond donors (Lipinski definition) is 1. The molecule has 1 atom stereocenters. The molecule has 0 spiro atoms.